The number of alkyl halides is 1. The zero-order valence-corrected chi connectivity index (χ0v) is 29.4. The molecule has 0 unspecified atom stereocenters. The molecule has 0 spiro atoms. The van der Waals surface area contributed by atoms with Crippen molar-refractivity contribution in [1.29, 1.82) is 0 Å². The molecule has 1 fully saturated rings. The third-order valence-electron chi connectivity index (χ3n) is 10.0. The standard InChI is InChI=1S/C38H51ClN6O4/c39-15-3-1-2-4-19-48-21-22-49-20-16-41-37(46)29-9-12-33(13-10-29)45-35(14-11-32-26-40-27-42-32)43-34(38(45)47)25-28-23-30-7-5-17-44-18-6-8-31(24-28)36(30)44/h11,14,23-27,29,33H,1-10,12-13,15-22H2,(H,40,42)(H,41,46)/b14-11+,34-25-. The van der Waals surface area contributed by atoms with Gasteiger partial charge in [0.25, 0.3) is 5.91 Å². The van der Waals surface area contributed by atoms with Crippen LogP contribution in [0.3, 0.4) is 0 Å². The van der Waals surface area contributed by atoms with Gasteiger partial charge in [-0.1, -0.05) is 12.8 Å². The van der Waals surface area contributed by atoms with Gasteiger partial charge in [-0.25, -0.2) is 9.98 Å². The number of nitrogens with one attached hydrogen (secondary N) is 2. The first-order valence-corrected chi connectivity index (χ1v) is 18.8. The molecule has 49 heavy (non-hydrogen) atoms. The summed E-state index contributed by atoms with van der Waals surface area (Å²) in [5, 5.41) is 3.04. The third kappa shape index (κ3) is 9.41. The average molecular weight is 691 g/mol. The van der Waals surface area contributed by atoms with Gasteiger partial charge in [-0.05, 0) is 111 Å². The fourth-order valence-corrected chi connectivity index (χ4v) is 7.76. The van der Waals surface area contributed by atoms with Gasteiger partial charge in [-0.15, -0.1) is 11.6 Å². The van der Waals surface area contributed by atoms with Crippen molar-refractivity contribution in [1.82, 2.24) is 20.2 Å². The number of aromatic amines is 1. The van der Waals surface area contributed by atoms with E-state index in [1.165, 1.54) is 29.7 Å². The van der Waals surface area contributed by atoms with Crippen LogP contribution in [0.2, 0.25) is 0 Å². The van der Waals surface area contributed by atoms with Crippen LogP contribution in [0.4, 0.5) is 5.69 Å². The number of carbonyl (C=O) groups excluding carboxylic acids is 2. The molecule has 11 heteroatoms. The summed E-state index contributed by atoms with van der Waals surface area (Å²) in [6, 6.07) is 4.49. The maximum Gasteiger partial charge on any atom is 0.278 e. The van der Waals surface area contributed by atoms with Crippen molar-refractivity contribution in [3.8, 4) is 0 Å². The van der Waals surface area contributed by atoms with Gasteiger partial charge in [0.1, 0.15) is 11.5 Å². The minimum Gasteiger partial charge on any atom is -0.379 e. The number of amidine groups is 1. The number of halogens is 1. The molecular weight excluding hydrogens is 640 g/mol. The first-order chi connectivity index (χ1) is 24.1. The first kappa shape index (κ1) is 35.4. The number of rotatable bonds is 17. The van der Waals surface area contributed by atoms with E-state index < -0.39 is 0 Å². The normalized spacial score (nSPS) is 21.4. The average Bonchev–Trinajstić information content (AvgIpc) is 3.75. The van der Waals surface area contributed by atoms with Crippen LogP contribution in [0.5, 0.6) is 0 Å². The zero-order valence-electron chi connectivity index (χ0n) is 28.6. The Hall–Kier alpha value is -3.47. The molecule has 264 valence electrons. The maximum absolute atomic E-state index is 14.0. The van der Waals surface area contributed by atoms with Crippen molar-refractivity contribution < 1.29 is 19.1 Å². The number of hydrogen-bond acceptors (Lipinski definition) is 7. The number of ether oxygens (including phenoxy) is 2. The second-order valence-corrected chi connectivity index (χ2v) is 13.9. The number of anilines is 1. The molecule has 2 aromatic rings. The highest BCUT2D eigenvalue weighted by Crippen LogP contribution is 2.37. The molecule has 2 N–H and O–H groups in total. The number of unbranched alkanes of at least 4 members (excludes halogenated alkanes) is 3. The van der Waals surface area contributed by atoms with Crippen molar-refractivity contribution >= 4 is 47.1 Å². The predicted octanol–water partition coefficient (Wildman–Crippen LogP) is 5.91. The lowest BCUT2D eigenvalue weighted by molar-refractivity contribution is -0.127. The number of benzene rings is 1. The molecule has 0 radical (unpaired) electrons. The van der Waals surface area contributed by atoms with E-state index in [9.17, 15) is 9.59 Å². The molecule has 1 aromatic carbocycles. The van der Waals surface area contributed by atoms with Crippen LogP contribution in [-0.4, -0.2) is 90.5 Å². The lowest BCUT2D eigenvalue weighted by Crippen LogP contribution is -2.44. The van der Waals surface area contributed by atoms with Gasteiger partial charge in [-0.3, -0.25) is 14.5 Å². The fraction of sp³-hybridized carbons (Fsp3) is 0.579. The van der Waals surface area contributed by atoms with E-state index in [0.29, 0.717) is 37.9 Å². The largest absolute Gasteiger partial charge is 0.379 e. The fourth-order valence-electron chi connectivity index (χ4n) is 7.57. The summed E-state index contributed by atoms with van der Waals surface area (Å²) in [6.45, 7) is 5.04. The monoisotopic (exact) mass is 690 g/mol. The molecular formula is C38H51ClN6O4. The maximum atomic E-state index is 14.0. The van der Waals surface area contributed by atoms with Crippen molar-refractivity contribution in [2.75, 3.05) is 56.8 Å². The van der Waals surface area contributed by atoms with Crippen molar-refractivity contribution in [3.05, 3.63) is 58.8 Å². The summed E-state index contributed by atoms with van der Waals surface area (Å²) in [7, 11) is 0. The van der Waals surface area contributed by atoms with E-state index in [-0.39, 0.29) is 23.8 Å². The van der Waals surface area contributed by atoms with E-state index in [1.807, 2.05) is 29.3 Å². The molecule has 1 aromatic heterocycles. The molecule has 1 aliphatic carbocycles. The zero-order chi connectivity index (χ0) is 33.8. The number of H-pyrrole nitrogens is 1. The van der Waals surface area contributed by atoms with Crippen LogP contribution < -0.4 is 10.2 Å². The van der Waals surface area contributed by atoms with Crippen LogP contribution in [0.25, 0.3) is 12.2 Å². The van der Waals surface area contributed by atoms with Crippen molar-refractivity contribution in [2.24, 2.45) is 10.9 Å². The molecule has 6 rings (SSSR count). The number of amides is 2. The third-order valence-corrected chi connectivity index (χ3v) is 10.3. The molecule has 0 bridgehead atoms. The molecule has 0 atom stereocenters. The minimum absolute atomic E-state index is 0.0213. The number of imidazole rings is 1. The van der Waals surface area contributed by atoms with E-state index in [0.717, 1.165) is 101 Å². The number of aromatic nitrogens is 2. The summed E-state index contributed by atoms with van der Waals surface area (Å²) >= 11 is 5.70. The van der Waals surface area contributed by atoms with Crippen molar-refractivity contribution in [3.63, 3.8) is 0 Å². The molecule has 1 saturated carbocycles. The topological polar surface area (TPSA) is 112 Å². The van der Waals surface area contributed by atoms with E-state index in [4.69, 9.17) is 26.1 Å². The van der Waals surface area contributed by atoms with Gasteiger partial charge < -0.3 is 24.7 Å². The highest BCUT2D eigenvalue weighted by atomic mass is 35.5. The SMILES string of the molecule is O=C(NCCOCCOCCCCCCCl)C1CCC(N2C(=O)/C(=C/c3cc4c5c(c3)CCCN5CCC4)N=C2/C=C/c2c[nH]cn2)CC1. The highest BCUT2D eigenvalue weighted by molar-refractivity contribution is 6.19. The predicted molar refractivity (Wildman–Crippen MR) is 195 cm³/mol. The Kier molecular flexibility index (Phi) is 13.0. The lowest BCUT2D eigenvalue weighted by atomic mass is 9.84. The van der Waals surface area contributed by atoms with Crippen LogP contribution in [0.1, 0.15) is 86.6 Å². The molecule has 4 heterocycles. The van der Waals surface area contributed by atoms with Crippen molar-refractivity contribution in [2.45, 2.75) is 83.1 Å². The van der Waals surface area contributed by atoms with Gasteiger partial charge in [0.15, 0.2) is 0 Å². The second-order valence-electron chi connectivity index (χ2n) is 13.5. The summed E-state index contributed by atoms with van der Waals surface area (Å²) in [6.07, 6.45) is 21.0. The molecule has 4 aliphatic rings. The summed E-state index contributed by atoms with van der Waals surface area (Å²) in [5.41, 5.74) is 6.48. The second kappa shape index (κ2) is 18.0. The number of aliphatic imine (C=N–C) groups is 1. The first-order valence-electron chi connectivity index (χ1n) is 18.3. The smallest absolute Gasteiger partial charge is 0.278 e. The van der Waals surface area contributed by atoms with Crippen LogP contribution in [0, 0.1) is 5.92 Å². The van der Waals surface area contributed by atoms with Gasteiger partial charge in [-0.2, -0.15) is 0 Å². The summed E-state index contributed by atoms with van der Waals surface area (Å²) in [4.78, 5) is 43.5. The van der Waals surface area contributed by atoms with Gasteiger partial charge in [0, 0.05) is 56.0 Å². The number of hydrogen-bond donors (Lipinski definition) is 2. The number of carbonyl (C=O) groups is 2. The minimum atomic E-state index is -0.0741. The quantitative estimate of drug-likeness (QED) is 0.121. The molecule has 10 nitrogen and oxygen atoms in total. The Balaban J connectivity index is 1.01. The van der Waals surface area contributed by atoms with Gasteiger partial charge in [0.05, 0.1) is 31.8 Å². The molecule has 2 amide bonds. The lowest BCUT2D eigenvalue weighted by Gasteiger charge is -2.37. The van der Waals surface area contributed by atoms with Crippen LogP contribution >= 0.6 is 11.6 Å². The molecule has 3 aliphatic heterocycles. The van der Waals surface area contributed by atoms with E-state index in [2.05, 4.69) is 32.3 Å². The number of aryl methyl sites for hydroxylation is 2. The Morgan fingerprint density at radius 1 is 0.959 bits per heavy atom. The van der Waals surface area contributed by atoms with E-state index >= 15 is 0 Å². The summed E-state index contributed by atoms with van der Waals surface area (Å²) in [5.74, 6) is 1.27. The van der Waals surface area contributed by atoms with E-state index in [1.54, 1.807) is 6.33 Å². The van der Waals surface area contributed by atoms with Crippen LogP contribution in [0.15, 0.2) is 41.4 Å². The Morgan fingerprint density at radius 3 is 2.41 bits per heavy atom. The Morgan fingerprint density at radius 2 is 1.69 bits per heavy atom. The van der Waals surface area contributed by atoms with Crippen LogP contribution in [-0.2, 0) is 31.9 Å². The highest BCUT2D eigenvalue weighted by Gasteiger charge is 2.38. The van der Waals surface area contributed by atoms with Gasteiger partial charge in [0.2, 0.25) is 5.91 Å². The van der Waals surface area contributed by atoms with Gasteiger partial charge >= 0.3 is 0 Å². The number of nitrogens with zero attached hydrogens (tertiary/aromatic N) is 4. The Labute approximate surface area is 295 Å². The summed E-state index contributed by atoms with van der Waals surface area (Å²) < 4.78 is 11.3. The Bertz CT molecular complexity index is 1470. The molecule has 0 saturated heterocycles.